The summed E-state index contributed by atoms with van der Waals surface area (Å²) in [5.74, 6) is 1.56. The normalized spacial score (nSPS) is 12.5. The molecule has 0 radical (unpaired) electrons. The number of carbonyl (C=O) groups excluding carboxylic acids is 1. The summed E-state index contributed by atoms with van der Waals surface area (Å²) in [4.78, 5) is 17.0. The largest absolute Gasteiger partial charge is 0.454 e. The topological polar surface area (TPSA) is 60.5 Å². The number of aromatic nitrogens is 1. The van der Waals surface area contributed by atoms with Gasteiger partial charge >= 0.3 is 0 Å². The van der Waals surface area contributed by atoms with Gasteiger partial charge in [-0.2, -0.15) is 0 Å². The van der Waals surface area contributed by atoms with E-state index in [2.05, 4.69) is 10.3 Å². The summed E-state index contributed by atoms with van der Waals surface area (Å²) in [5, 5.41) is 3.47. The predicted octanol–water partition coefficient (Wildman–Crippen LogP) is 3.12. The Hall–Kier alpha value is -2.08. The molecule has 0 saturated carbocycles. The van der Waals surface area contributed by atoms with Gasteiger partial charge in [0.15, 0.2) is 16.6 Å². The minimum Gasteiger partial charge on any atom is -0.454 e. The number of carbonyl (C=O) groups is 1. The van der Waals surface area contributed by atoms with Crippen molar-refractivity contribution in [1.29, 1.82) is 0 Å². The lowest BCUT2D eigenvalue weighted by atomic mass is 10.1. The molecule has 0 fully saturated rings. The van der Waals surface area contributed by atoms with Gasteiger partial charge in [0.25, 0.3) is 0 Å². The Kier molecular flexibility index (Phi) is 3.79. The highest BCUT2D eigenvalue weighted by Gasteiger charge is 2.15. The zero-order valence-electron chi connectivity index (χ0n) is 11.9. The zero-order chi connectivity index (χ0) is 14.8. The monoisotopic (exact) mass is 304 g/mol. The summed E-state index contributed by atoms with van der Waals surface area (Å²) in [6, 6.07) is 5.94. The van der Waals surface area contributed by atoms with Gasteiger partial charge in [-0.05, 0) is 24.6 Å². The molecule has 1 aromatic carbocycles. The number of thiazole rings is 1. The first kappa shape index (κ1) is 13.9. The maximum absolute atomic E-state index is 11.4. The molecule has 5 nitrogen and oxygen atoms in total. The number of amides is 1. The average Bonchev–Trinajstić information content (AvgIpc) is 3.05. The number of anilines is 1. The SMILES string of the molecule is CCC(=O)Nc1nc(C)c(Cc2ccc3c(c2)OCO3)s1. The van der Waals surface area contributed by atoms with Crippen molar-refractivity contribution < 1.29 is 14.3 Å². The third-order valence-electron chi connectivity index (χ3n) is 3.26. The first-order valence-electron chi connectivity index (χ1n) is 6.80. The molecule has 1 aromatic heterocycles. The van der Waals surface area contributed by atoms with Gasteiger partial charge in [0, 0.05) is 17.7 Å². The Labute approximate surface area is 126 Å². The Bertz CT molecular complexity index is 682. The number of benzene rings is 1. The second-order valence-electron chi connectivity index (χ2n) is 4.79. The highest BCUT2D eigenvalue weighted by atomic mass is 32.1. The fraction of sp³-hybridized carbons (Fsp3) is 0.333. The second kappa shape index (κ2) is 5.73. The zero-order valence-corrected chi connectivity index (χ0v) is 12.8. The molecular weight excluding hydrogens is 288 g/mol. The molecular formula is C15H16N2O3S. The van der Waals surface area contributed by atoms with Crippen molar-refractivity contribution in [1.82, 2.24) is 4.98 Å². The summed E-state index contributed by atoms with van der Waals surface area (Å²) in [6.45, 7) is 4.06. The van der Waals surface area contributed by atoms with Gasteiger partial charge in [0.1, 0.15) is 0 Å². The van der Waals surface area contributed by atoms with Gasteiger partial charge in [-0.15, -0.1) is 11.3 Å². The van der Waals surface area contributed by atoms with E-state index in [0.29, 0.717) is 11.6 Å². The van der Waals surface area contributed by atoms with Gasteiger partial charge in [-0.1, -0.05) is 13.0 Å². The molecule has 1 N–H and O–H groups in total. The number of hydrogen-bond donors (Lipinski definition) is 1. The van der Waals surface area contributed by atoms with Crippen LogP contribution in [0.5, 0.6) is 11.5 Å². The van der Waals surface area contributed by atoms with Crippen LogP contribution in [0.1, 0.15) is 29.5 Å². The van der Waals surface area contributed by atoms with Crippen LogP contribution in [0.4, 0.5) is 5.13 Å². The van der Waals surface area contributed by atoms with Crippen molar-refractivity contribution in [3.05, 3.63) is 34.3 Å². The third kappa shape index (κ3) is 3.00. The Morgan fingerprint density at radius 1 is 1.38 bits per heavy atom. The molecule has 0 aliphatic carbocycles. The molecule has 0 spiro atoms. The first-order valence-corrected chi connectivity index (χ1v) is 7.62. The summed E-state index contributed by atoms with van der Waals surface area (Å²) in [7, 11) is 0. The molecule has 0 bridgehead atoms. The van der Waals surface area contributed by atoms with Crippen LogP contribution < -0.4 is 14.8 Å². The molecule has 2 heterocycles. The lowest BCUT2D eigenvalue weighted by Crippen LogP contribution is -2.08. The van der Waals surface area contributed by atoms with E-state index >= 15 is 0 Å². The predicted molar refractivity (Wildman–Crippen MR) is 81.1 cm³/mol. The second-order valence-corrected chi connectivity index (χ2v) is 5.88. The minimum absolute atomic E-state index is 0.0154. The van der Waals surface area contributed by atoms with E-state index in [4.69, 9.17) is 9.47 Å². The number of rotatable bonds is 4. The standard InChI is InChI=1S/C15H16N2O3S/c1-3-14(18)17-15-16-9(2)13(21-15)7-10-4-5-11-12(6-10)20-8-19-11/h4-6H,3,7-8H2,1-2H3,(H,16,17,18). The van der Waals surface area contributed by atoms with E-state index < -0.39 is 0 Å². The molecule has 110 valence electrons. The minimum atomic E-state index is -0.0154. The van der Waals surface area contributed by atoms with E-state index in [1.54, 1.807) is 0 Å². The molecule has 1 amide bonds. The van der Waals surface area contributed by atoms with Crippen molar-refractivity contribution in [2.75, 3.05) is 12.1 Å². The van der Waals surface area contributed by atoms with Gasteiger partial charge in [0.05, 0.1) is 5.69 Å². The maximum Gasteiger partial charge on any atom is 0.231 e. The molecule has 0 unspecified atom stereocenters. The summed E-state index contributed by atoms with van der Waals surface area (Å²) >= 11 is 1.52. The number of hydrogen-bond acceptors (Lipinski definition) is 5. The number of fused-ring (bicyclic) bond motifs is 1. The highest BCUT2D eigenvalue weighted by Crippen LogP contribution is 2.34. The molecule has 2 aromatic rings. The summed E-state index contributed by atoms with van der Waals surface area (Å²) in [6.07, 6.45) is 1.22. The Morgan fingerprint density at radius 3 is 3.00 bits per heavy atom. The van der Waals surface area contributed by atoms with Gasteiger partial charge < -0.3 is 14.8 Å². The maximum atomic E-state index is 11.4. The van der Waals surface area contributed by atoms with Crippen LogP contribution in [-0.2, 0) is 11.2 Å². The fourth-order valence-corrected chi connectivity index (χ4v) is 3.10. The van der Waals surface area contributed by atoms with Crippen LogP contribution in [0.15, 0.2) is 18.2 Å². The molecule has 0 saturated heterocycles. The molecule has 0 atom stereocenters. The van der Waals surface area contributed by atoms with E-state index in [9.17, 15) is 4.79 Å². The molecule has 1 aliphatic heterocycles. The number of aryl methyl sites for hydroxylation is 1. The fourth-order valence-electron chi connectivity index (χ4n) is 2.09. The van der Waals surface area contributed by atoms with E-state index in [1.165, 1.54) is 11.3 Å². The molecule has 3 rings (SSSR count). The lowest BCUT2D eigenvalue weighted by Gasteiger charge is -2.02. The number of ether oxygens (including phenoxy) is 2. The van der Waals surface area contributed by atoms with Crippen molar-refractivity contribution in [2.45, 2.75) is 26.7 Å². The van der Waals surface area contributed by atoms with Gasteiger partial charge in [-0.3, -0.25) is 4.79 Å². The van der Waals surface area contributed by atoms with Gasteiger partial charge in [0.2, 0.25) is 12.7 Å². The van der Waals surface area contributed by atoms with Crippen LogP contribution in [0, 0.1) is 6.92 Å². The number of nitrogens with zero attached hydrogens (tertiary/aromatic N) is 1. The summed E-state index contributed by atoms with van der Waals surface area (Å²) in [5.41, 5.74) is 2.09. The molecule has 1 aliphatic rings. The molecule has 6 heteroatoms. The first-order chi connectivity index (χ1) is 10.2. The third-order valence-corrected chi connectivity index (χ3v) is 4.33. The van der Waals surface area contributed by atoms with E-state index in [-0.39, 0.29) is 12.7 Å². The van der Waals surface area contributed by atoms with Gasteiger partial charge in [-0.25, -0.2) is 4.98 Å². The average molecular weight is 304 g/mol. The molecule has 21 heavy (non-hydrogen) atoms. The highest BCUT2D eigenvalue weighted by molar-refractivity contribution is 7.15. The van der Waals surface area contributed by atoms with Crippen molar-refractivity contribution >= 4 is 22.4 Å². The van der Waals surface area contributed by atoms with Crippen LogP contribution in [0.2, 0.25) is 0 Å². The summed E-state index contributed by atoms with van der Waals surface area (Å²) < 4.78 is 10.7. The number of nitrogens with one attached hydrogen (secondary N) is 1. The quantitative estimate of drug-likeness (QED) is 0.943. The van der Waals surface area contributed by atoms with Crippen LogP contribution in [0.3, 0.4) is 0 Å². The Morgan fingerprint density at radius 2 is 2.19 bits per heavy atom. The van der Waals surface area contributed by atoms with Crippen LogP contribution in [0.25, 0.3) is 0 Å². The van der Waals surface area contributed by atoms with E-state index in [0.717, 1.165) is 34.1 Å². The lowest BCUT2D eigenvalue weighted by molar-refractivity contribution is -0.115. The smallest absolute Gasteiger partial charge is 0.231 e. The Balaban J connectivity index is 1.77. The van der Waals surface area contributed by atoms with Crippen LogP contribution in [-0.4, -0.2) is 17.7 Å². The van der Waals surface area contributed by atoms with Crippen molar-refractivity contribution in [2.24, 2.45) is 0 Å². The van der Waals surface area contributed by atoms with Crippen LogP contribution >= 0.6 is 11.3 Å². The van der Waals surface area contributed by atoms with Crippen molar-refractivity contribution in [3.63, 3.8) is 0 Å². The van der Waals surface area contributed by atoms with E-state index in [1.807, 2.05) is 32.0 Å². The van der Waals surface area contributed by atoms with Crippen molar-refractivity contribution in [3.8, 4) is 11.5 Å².